The summed E-state index contributed by atoms with van der Waals surface area (Å²) in [4.78, 5) is 26.9. The molecule has 3 aromatic carbocycles. The maximum atomic E-state index is 13.6. The van der Waals surface area contributed by atoms with E-state index in [4.69, 9.17) is 0 Å². The monoisotopic (exact) mass is 412 g/mol. The number of benzene rings is 3. The van der Waals surface area contributed by atoms with Gasteiger partial charge in [0.25, 0.3) is 5.56 Å². The molecule has 0 aliphatic carbocycles. The van der Waals surface area contributed by atoms with Gasteiger partial charge < -0.3 is 0 Å². The molecule has 0 fully saturated rings. The third-order valence-corrected chi connectivity index (χ3v) is 6.53. The minimum atomic E-state index is -0.277. The number of aromatic nitrogens is 2. The summed E-state index contributed by atoms with van der Waals surface area (Å²) in [5, 5.41) is 0.950. The lowest BCUT2D eigenvalue weighted by molar-refractivity contribution is 0.637. The topological polar surface area (TPSA) is 44.0 Å². The molecular formula is C25H20N2O2S. The zero-order valence-corrected chi connectivity index (χ0v) is 17.4. The van der Waals surface area contributed by atoms with Gasteiger partial charge in [-0.25, -0.2) is 4.79 Å². The van der Waals surface area contributed by atoms with Crippen molar-refractivity contribution in [3.05, 3.63) is 116 Å². The van der Waals surface area contributed by atoms with Crippen molar-refractivity contribution in [2.24, 2.45) is 0 Å². The smallest absolute Gasteiger partial charge is 0.287 e. The predicted molar refractivity (Wildman–Crippen MR) is 124 cm³/mol. The van der Waals surface area contributed by atoms with E-state index in [1.54, 1.807) is 4.57 Å². The number of rotatable bonds is 4. The number of nitrogens with zero attached hydrogens (tertiary/aromatic N) is 2. The van der Waals surface area contributed by atoms with Gasteiger partial charge in [-0.2, -0.15) is 0 Å². The Balaban J connectivity index is 1.79. The summed E-state index contributed by atoms with van der Waals surface area (Å²) < 4.78 is 4.75. The first-order valence-electron chi connectivity index (χ1n) is 9.86. The quantitative estimate of drug-likeness (QED) is 0.426. The largest absolute Gasteiger partial charge is 0.332 e. The summed E-state index contributed by atoms with van der Waals surface area (Å²) in [5.41, 5.74) is 3.37. The van der Waals surface area contributed by atoms with E-state index < -0.39 is 0 Å². The highest BCUT2D eigenvalue weighted by molar-refractivity contribution is 7.25. The van der Waals surface area contributed by atoms with Gasteiger partial charge in [0.05, 0.1) is 18.6 Å². The first-order valence-corrected chi connectivity index (χ1v) is 10.7. The molecule has 0 atom stereocenters. The minimum Gasteiger partial charge on any atom is -0.287 e. The van der Waals surface area contributed by atoms with Crippen LogP contribution in [0.5, 0.6) is 0 Å². The summed E-state index contributed by atoms with van der Waals surface area (Å²) in [7, 11) is 0. The van der Waals surface area contributed by atoms with Crippen LogP contribution in [0.15, 0.2) is 88.5 Å². The van der Waals surface area contributed by atoms with Gasteiger partial charge in [-0.15, -0.1) is 11.3 Å². The van der Waals surface area contributed by atoms with Crippen molar-refractivity contribution in [2.45, 2.75) is 20.0 Å². The molecule has 0 radical (unpaired) electrons. The van der Waals surface area contributed by atoms with Crippen LogP contribution in [-0.2, 0) is 13.1 Å². The molecule has 4 nitrogen and oxygen atoms in total. The molecule has 5 aromatic rings. The standard InChI is InChI=1S/C25H20N2O2S/c1-17-11-13-19(14-12-17)15-26-22-20-9-5-6-10-21(20)30-23(22)24(28)27(25(26)29)16-18-7-3-2-4-8-18/h2-14H,15-16H2,1H3. The van der Waals surface area contributed by atoms with Crippen molar-refractivity contribution in [1.82, 2.24) is 9.13 Å². The van der Waals surface area contributed by atoms with Crippen LogP contribution in [0.2, 0.25) is 0 Å². The van der Waals surface area contributed by atoms with E-state index in [2.05, 4.69) is 0 Å². The Kier molecular flexibility index (Phi) is 4.60. The van der Waals surface area contributed by atoms with Crippen LogP contribution in [-0.4, -0.2) is 9.13 Å². The third kappa shape index (κ3) is 3.17. The minimum absolute atomic E-state index is 0.222. The fourth-order valence-electron chi connectivity index (χ4n) is 3.82. The Labute approximate surface area is 177 Å². The molecule has 2 aromatic heterocycles. The van der Waals surface area contributed by atoms with Crippen LogP contribution >= 0.6 is 11.3 Å². The number of fused-ring (bicyclic) bond motifs is 3. The lowest BCUT2D eigenvalue weighted by Gasteiger charge is -2.13. The van der Waals surface area contributed by atoms with E-state index in [9.17, 15) is 9.59 Å². The van der Waals surface area contributed by atoms with E-state index in [-0.39, 0.29) is 17.8 Å². The molecular weight excluding hydrogens is 392 g/mol. The fourth-order valence-corrected chi connectivity index (χ4v) is 4.98. The second kappa shape index (κ2) is 7.43. The summed E-state index contributed by atoms with van der Waals surface area (Å²) in [6.07, 6.45) is 0. The Morgan fingerprint density at radius 1 is 0.733 bits per heavy atom. The lowest BCUT2D eigenvalue weighted by Crippen LogP contribution is -2.40. The lowest BCUT2D eigenvalue weighted by atomic mass is 10.1. The second-order valence-electron chi connectivity index (χ2n) is 7.51. The number of hydrogen-bond donors (Lipinski definition) is 0. The van der Waals surface area contributed by atoms with Gasteiger partial charge >= 0.3 is 5.69 Å². The molecule has 148 valence electrons. The molecule has 0 saturated carbocycles. The van der Waals surface area contributed by atoms with Gasteiger partial charge in [-0.3, -0.25) is 13.9 Å². The third-order valence-electron chi connectivity index (χ3n) is 5.39. The first kappa shape index (κ1) is 18.6. The normalized spacial score (nSPS) is 11.4. The Morgan fingerprint density at radius 2 is 1.37 bits per heavy atom. The van der Waals surface area contributed by atoms with E-state index in [0.717, 1.165) is 26.7 Å². The fraction of sp³-hybridized carbons (Fsp3) is 0.120. The average Bonchev–Trinajstić information content (AvgIpc) is 3.16. The van der Waals surface area contributed by atoms with E-state index in [1.165, 1.54) is 21.5 Å². The van der Waals surface area contributed by atoms with Gasteiger partial charge in [0, 0.05) is 10.1 Å². The van der Waals surface area contributed by atoms with Crippen molar-refractivity contribution < 1.29 is 0 Å². The maximum absolute atomic E-state index is 13.6. The molecule has 30 heavy (non-hydrogen) atoms. The summed E-state index contributed by atoms with van der Waals surface area (Å²) in [6, 6.07) is 25.7. The van der Waals surface area contributed by atoms with Gasteiger partial charge in [0.2, 0.25) is 0 Å². The molecule has 0 spiro atoms. The average molecular weight is 413 g/mol. The van der Waals surface area contributed by atoms with Crippen LogP contribution in [0.25, 0.3) is 20.3 Å². The van der Waals surface area contributed by atoms with Crippen LogP contribution < -0.4 is 11.2 Å². The molecule has 0 bridgehead atoms. The highest BCUT2D eigenvalue weighted by Gasteiger charge is 2.18. The molecule has 0 N–H and O–H groups in total. The molecule has 0 aliphatic heterocycles. The molecule has 0 saturated heterocycles. The number of aryl methyl sites for hydroxylation is 1. The van der Waals surface area contributed by atoms with Gasteiger partial charge in [0.1, 0.15) is 4.70 Å². The second-order valence-corrected chi connectivity index (χ2v) is 8.56. The van der Waals surface area contributed by atoms with Crippen molar-refractivity contribution in [2.75, 3.05) is 0 Å². The van der Waals surface area contributed by atoms with Crippen LogP contribution in [0, 0.1) is 6.92 Å². The van der Waals surface area contributed by atoms with Gasteiger partial charge in [-0.1, -0.05) is 78.4 Å². The number of hydrogen-bond acceptors (Lipinski definition) is 3. The predicted octanol–water partition coefficient (Wildman–Crippen LogP) is 4.78. The Bertz CT molecular complexity index is 1480. The van der Waals surface area contributed by atoms with Gasteiger partial charge in [-0.05, 0) is 24.1 Å². The SMILES string of the molecule is Cc1ccc(Cn2c(=O)n(Cc3ccccc3)c(=O)c3sc4ccccc4c32)cc1. The maximum Gasteiger partial charge on any atom is 0.332 e. The highest BCUT2D eigenvalue weighted by atomic mass is 32.1. The first-order chi connectivity index (χ1) is 14.6. The molecule has 0 aliphatic rings. The van der Waals surface area contributed by atoms with Crippen molar-refractivity contribution in [3.8, 4) is 0 Å². The molecule has 5 heteroatoms. The molecule has 0 unspecified atom stereocenters. The van der Waals surface area contributed by atoms with Crippen molar-refractivity contribution in [1.29, 1.82) is 0 Å². The van der Waals surface area contributed by atoms with E-state index in [1.807, 2.05) is 85.8 Å². The van der Waals surface area contributed by atoms with Gasteiger partial charge in [0.15, 0.2) is 0 Å². The van der Waals surface area contributed by atoms with Crippen LogP contribution in [0.3, 0.4) is 0 Å². The van der Waals surface area contributed by atoms with Crippen molar-refractivity contribution >= 4 is 31.6 Å². The van der Waals surface area contributed by atoms with Crippen molar-refractivity contribution in [3.63, 3.8) is 0 Å². The molecule has 5 rings (SSSR count). The molecule has 2 heterocycles. The summed E-state index contributed by atoms with van der Waals surface area (Å²) in [5.74, 6) is 0. The van der Waals surface area contributed by atoms with E-state index >= 15 is 0 Å². The Hall–Kier alpha value is -3.44. The Morgan fingerprint density at radius 3 is 2.13 bits per heavy atom. The summed E-state index contributed by atoms with van der Waals surface area (Å²) >= 11 is 1.46. The molecule has 0 amide bonds. The highest BCUT2D eigenvalue weighted by Crippen LogP contribution is 2.31. The number of thiophene rings is 1. The zero-order valence-electron chi connectivity index (χ0n) is 16.5. The van der Waals surface area contributed by atoms with Crippen LogP contribution in [0.1, 0.15) is 16.7 Å². The van der Waals surface area contributed by atoms with Crippen LogP contribution in [0.4, 0.5) is 0 Å². The summed E-state index contributed by atoms with van der Waals surface area (Å²) in [6.45, 7) is 2.72. The zero-order chi connectivity index (χ0) is 20.7. The van der Waals surface area contributed by atoms with E-state index in [0.29, 0.717) is 11.2 Å².